The first-order chi connectivity index (χ1) is 10.2. The Morgan fingerprint density at radius 2 is 2.19 bits per heavy atom. The second kappa shape index (κ2) is 6.75. The third kappa shape index (κ3) is 3.55. The number of nitrogens with one attached hydrogen (secondary N) is 1. The number of hydrogen-bond donors (Lipinski definition) is 1. The molecular formula is C15H24N2O4. The Hall–Kier alpha value is -1.14. The number of carbonyl (C=O) groups is 2. The van der Waals surface area contributed by atoms with E-state index >= 15 is 0 Å². The molecule has 2 amide bonds. The molecule has 0 aromatic carbocycles. The predicted molar refractivity (Wildman–Crippen MR) is 75.4 cm³/mol. The van der Waals surface area contributed by atoms with E-state index in [1.807, 2.05) is 4.90 Å². The van der Waals surface area contributed by atoms with Crippen LogP contribution in [0, 0.1) is 0 Å². The molecule has 0 spiro atoms. The highest BCUT2D eigenvalue weighted by molar-refractivity contribution is 5.91. The van der Waals surface area contributed by atoms with Crippen LogP contribution in [0.15, 0.2) is 0 Å². The Bertz CT molecular complexity index is 395. The fraction of sp³-hybridized carbons (Fsp3) is 0.867. The Balaban J connectivity index is 1.50. The van der Waals surface area contributed by atoms with Crippen molar-refractivity contribution in [3.05, 3.63) is 0 Å². The number of amides is 2. The molecule has 3 saturated heterocycles. The fourth-order valence-electron chi connectivity index (χ4n) is 3.36. The molecule has 3 rings (SSSR count). The van der Waals surface area contributed by atoms with Gasteiger partial charge in [-0.3, -0.25) is 9.59 Å². The average Bonchev–Trinajstić information content (AvgIpc) is 3.14. The minimum Gasteiger partial charge on any atom is -0.353 e. The molecule has 3 aliphatic rings. The maximum Gasteiger partial charge on any atom is 0.245 e. The monoisotopic (exact) mass is 296 g/mol. The fourth-order valence-corrected chi connectivity index (χ4v) is 3.36. The van der Waals surface area contributed by atoms with Gasteiger partial charge in [0.1, 0.15) is 6.04 Å². The molecule has 6 nitrogen and oxygen atoms in total. The van der Waals surface area contributed by atoms with Crippen LogP contribution >= 0.6 is 0 Å². The zero-order valence-electron chi connectivity index (χ0n) is 12.4. The zero-order chi connectivity index (χ0) is 14.7. The molecule has 0 saturated carbocycles. The standard InChI is InChI=1S/C15H24N2O4/c18-13-7-6-12(16-13)15(19)17-8-3-4-11(17)10-21-14-5-1-2-9-20-14/h11-12,14H,1-10H2,(H,16,18)/t11-,12-,14?/m0/s1. The first kappa shape index (κ1) is 14.8. The largest absolute Gasteiger partial charge is 0.353 e. The van der Waals surface area contributed by atoms with Gasteiger partial charge in [-0.15, -0.1) is 0 Å². The minimum atomic E-state index is -0.330. The van der Waals surface area contributed by atoms with E-state index in [4.69, 9.17) is 9.47 Å². The maximum atomic E-state index is 12.5. The summed E-state index contributed by atoms with van der Waals surface area (Å²) in [4.78, 5) is 25.6. The SMILES string of the molecule is O=C1CC[C@@H](C(=O)N2CCC[C@H]2COC2CCCCO2)N1. The number of nitrogens with zero attached hydrogens (tertiary/aromatic N) is 1. The van der Waals surface area contributed by atoms with Crippen LogP contribution in [0.25, 0.3) is 0 Å². The Kier molecular flexibility index (Phi) is 4.75. The van der Waals surface area contributed by atoms with Crippen molar-refractivity contribution in [2.24, 2.45) is 0 Å². The highest BCUT2D eigenvalue weighted by Crippen LogP contribution is 2.22. The average molecular weight is 296 g/mol. The number of rotatable bonds is 4. The normalized spacial score (nSPS) is 33.2. The van der Waals surface area contributed by atoms with Gasteiger partial charge in [0.2, 0.25) is 11.8 Å². The third-order valence-electron chi connectivity index (χ3n) is 4.57. The topological polar surface area (TPSA) is 67.9 Å². The van der Waals surface area contributed by atoms with Crippen molar-refractivity contribution in [1.82, 2.24) is 10.2 Å². The van der Waals surface area contributed by atoms with Gasteiger partial charge in [-0.25, -0.2) is 0 Å². The van der Waals surface area contributed by atoms with Gasteiger partial charge in [0.15, 0.2) is 6.29 Å². The summed E-state index contributed by atoms with van der Waals surface area (Å²) < 4.78 is 11.4. The molecular weight excluding hydrogens is 272 g/mol. The van der Waals surface area contributed by atoms with E-state index < -0.39 is 0 Å². The summed E-state index contributed by atoms with van der Waals surface area (Å²) in [7, 11) is 0. The second-order valence-corrected chi connectivity index (χ2v) is 6.12. The van der Waals surface area contributed by atoms with Gasteiger partial charge in [0, 0.05) is 19.6 Å². The van der Waals surface area contributed by atoms with Crippen molar-refractivity contribution in [2.45, 2.75) is 63.3 Å². The molecule has 1 N–H and O–H groups in total. The lowest BCUT2D eigenvalue weighted by molar-refractivity contribution is -0.171. The molecule has 0 bridgehead atoms. The summed E-state index contributed by atoms with van der Waals surface area (Å²) >= 11 is 0. The molecule has 0 aliphatic carbocycles. The van der Waals surface area contributed by atoms with Crippen LogP contribution in [0.2, 0.25) is 0 Å². The molecule has 0 aromatic heterocycles. The molecule has 3 heterocycles. The van der Waals surface area contributed by atoms with Crippen LogP contribution in [0.4, 0.5) is 0 Å². The molecule has 3 fully saturated rings. The first-order valence-electron chi connectivity index (χ1n) is 8.07. The lowest BCUT2D eigenvalue weighted by Gasteiger charge is -2.29. The smallest absolute Gasteiger partial charge is 0.245 e. The van der Waals surface area contributed by atoms with Crippen molar-refractivity contribution in [3.8, 4) is 0 Å². The van der Waals surface area contributed by atoms with Crippen LogP contribution in [-0.4, -0.2) is 54.8 Å². The van der Waals surface area contributed by atoms with E-state index in [9.17, 15) is 9.59 Å². The van der Waals surface area contributed by atoms with Gasteiger partial charge in [-0.2, -0.15) is 0 Å². The van der Waals surface area contributed by atoms with Gasteiger partial charge in [-0.1, -0.05) is 0 Å². The number of hydrogen-bond acceptors (Lipinski definition) is 4. The van der Waals surface area contributed by atoms with E-state index in [-0.39, 0.29) is 30.2 Å². The van der Waals surface area contributed by atoms with Crippen molar-refractivity contribution in [1.29, 1.82) is 0 Å². The van der Waals surface area contributed by atoms with Crippen LogP contribution in [0.5, 0.6) is 0 Å². The molecule has 21 heavy (non-hydrogen) atoms. The van der Waals surface area contributed by atoms with Crippen LogP contribution in [-0.2, 0) is 19.1 Å². The second-order valence-electron chi connectivity index (χ2n) is 6.12. The summed E-state index contributed by atoms with van der Waals surface area (Å²) in [5, 5.41) is 2.76. The summed E-state index contributed by atoms with van der Waals surface area (Å²) in [6.45, 7) is 2.08. The van der Waals surface area contributed by atoms with Crippen molar-refractivity contribution >= 4 is 11.8 Å². The quantitative estimate of drug-likeness (QED) is 0.833. The lowest BCUT2D eigenvalue weighted by atomic mass is 10.1. The number of ether oxygens (including phenoxy) is 2. The van der Waals surface area contributed by atoms with E-state index in [0.29, 0.717) is 19.4 Å². The predicted octanol–water partition coefficient (Wildman–Crippen LogP) is 0.799. The number of likely N-dealkylation sites (tertiary alicyclic amines) is 1. The lowest BCUT2D eigenvalue weighted by Crippen LogP contribution is -2.48. The molecule has 3 aliphatic heterocycles. The van der Waals surface area contributed by atoms with Crippen LogP contribution in [0.3, 0.4) is 0 Å². The van der Waals surface area contributed by atoms with E-state index in [2.05, 4.69) is 5.32 Å². The highest BCUT2D eigenvalue weighted by Gasteiger charge is 2.36. The van der Waals surface area contributed by atoms with Crippen molar-refractivity contribution < 1.29 is 19.1 Å². The van der Waals surface area contributed by atoms with Gasteiger partial charge >= 0.3 is 0 Å². The van der Waals surface area contributed by atoms with Gasteiger partial charge in [0.05, 0.1) is 12.6 Å². The number of carbonyl (C=O) groups excluding carboxylic acids is 2. The molecule has 6 heteroatoms. The molecule has 3 atom stereocenters. The Morgan fingerprint density at radius 1 is 1.29 bits per heavy atom. The minimum absolute atomic E-state index is 0.0176. The maximum absolute atomic E-state index is 12.5. The summed E-state index contributed by atoms with van der Waals surface area (Å²) in [6, 6.07) is -0.204. The van der Waals surface area contributed by atoms with Gasteiger partial charge in [-0.05, 0) is 38.5 Å². The van der Waals surface area contributed by atoms with Crippen LogP contribution < -0.4 is 5.32 Å². The van der Waals surface area contributed by atoms with E-state index in [0.717, 1.165) is 45.3 Å². The summed E-state index contributed by atoms with van der Waals surface area (Å²) in [5.41, 5.74) is 0. The first-order valence-corrected chi connectivity index (χ1v) is 8.07. The molecule has 1 unspecified atom stereocenters. The van der Waals surface area contributed by atoms with Crippen molar-refractivity contribution in [3.63, 3.8) is 0 Å². The molecule has 0 aromatic rings. The Morgan fingerprint density at radius 3 is 2.90 bits per heavy atom. The summed E-state index contributed by atoms with van der Waals surface area (Å²) in [5.74, 6) is 0.0347. The zero-order valence-corrected chi connectivity index (χ0v) is 12.4. The third-order valence-corrected chi connectivity index (χ3v) is 4.57. The van der Waals surface area contributed by atoms with E-state index in [1.54, 1.807) is 0 Å². The highest BCUT2D eigenvalue weighted by atomic mass is 16.7. The summed E-state index contributed by atoms with van der Waals surface area (Å²) in [6.07, 6.45) is 6.14. The van der Waals surface area contributed by atoms with E-state index in [1.165, 1.54) is 0 Å². The molecule has 118 valence electrons. The van der Waals surface area contributed by atoms with Crippen molar-refractivity contribution in [2.75, 3.05) is 19.8 Å². The van der Waals surface area contributed by atoms with Crippen LogP contribution in [0.1, 0.15) is 44.9 Å². The van der Waals surface area contributed by atoms with Gasteiger partial charge < -0.3 is 19.7 Å². The molecule has 0 radical (unpaired) electrons. The van der Waals surface area contributed by atoms with Gasteiger partial charge in [0.25, 0.3) is 0 Å². The Labute approximate surface area is 125 Å².